The Kier molecular flexibility index (Phi) is 3.29. The zero-order valence-electron chi connectivity index (χ0n) is 8.47. The number of rotatable bonds is 2. The van der Waals surface area contributed by atoms with Crippen LogP contribution in [-0.2, 0) is 0 Å². The summed E-state index contributed by atoms with van der Waals surface area (Å²) in [5.74, 6) is 0. The van der Waals surface area contributed by atoms with Gasteiger partial charge in [-0.1, -0.05) is 48.0 Å². The molecule has 2 nitrogen and oxygen atoms in total. The fourth-order valence-corrected chi connectivity index (χ4v) is 1.74. The van der Waals surface area contributed by atoms with Crippen LogP contribution in [0.5, 0.6) is 0 Å². The molecule has 0 spiro atoms. The minimum Gasteiger partial charge on any atom is -0.423 e. The fraction of sp³-hybridized carbons (Fsp3) is 0. The van der Waals surface area contributed by atoms with Gasteiger partial charge < -0.3 is 10.0 Å². The maximum atomic E-state index is 9.25. The number of hydrogen-bond acceptors (Lipinski definition) is 2. The van der Waals surface area contributed by atoms with E-state index in [4.69, 9.17) is 11.6 Å². The van der Waals surface area contributed by atoms with Gasteiger partial charge >= 0.3 is 7.12 Å². The van der Waals surface area contributed by atoms with E-state index in [0.717, 1.165) is 11.1 Å². The van der Waals surface area contributed by atoms with Gasteiger partial charge in [0.25, 0.3) is 0 Å². The molecule has 0 amide bonds. The predicted octanol–water partition coefficient (Wildman–Crippen LogP) is 1.69. The van der Waals surface area contributed by atoms with Crippen molar-refractivity contribution in [1.82, 2.24) is 0 Å². The van der Waals surface area contributed by atoms with Crippen LogP contribution in [-0.4, -0.2) is 17.2 Å². The maximum Gasteiger partial charge on any atom is 0.489 e. The first-order valence-corrected chi connectivity index (χ1v) is 5.27. The minimum atomic E-state index is -1.47. The largest absolute Gasteiger partial charge is 0.489 e. The molecule has 0 radical (unpaired) electrons. The molecule has 0 aliphatic heterocycles. The van der Waals surface area contributed by atoms with Gasteiger partial charge in [0, 0.05) is 5.02 Å². The average molecular weight is 232 g/mol. The Morgan fingerprint density at radius 3 is 2.12 bits per heavy atom. The maximum absolute atomic E-state index is 9.25. The van der Waals surface area contributed by atoms with Gasteiger partial charge in [-0.15, -0.1) is 0 Å². The Bertz CT molecular complexity index is 483. The van der Waals surface area contributed by atoms with E-state index in [1.165, 1.54) is 0 Å². The summed E-state index contributed by atoms with van der Waals surface area (Å²) in [4.78, 5) is 0. The second-order valence-electron chi connectivity index (χ2n) is 3.47. The summed E-state index contributed by atoms with van der Waals surface area (Å²) in [6, 6.07) is 14.4. The molecule has 2 rings (SSSR count). The van der Waals surface area contributed by atoms with Crippen molar-refractivity contribution in [3.8, 4) is 11.1 Å². The molecule has 2 aromatic rings. The molecule has 0 atom stereocenters. The highest BCUT2D eigenvalue weighted by atomic mass is 35.5. The topological polar surface area (TPSA) is 40.5 Å². The normalized spacial score (nSPS) is 10.2. The summed E-state index contributed by atoms with van der Waals surface area (Å²) >= 11 is 5.80. The van der Waals surface area contributed by atoms with E-state index in [1.54, 1.807) is 24.3 Å². The SMILES string of the molecule is OB(O)c1ccccc1-c1ccc(Cl)cc1. The monoisotopic (exact) mass is 232 g/mol. The first-order valence-electron chi connectivity index (χ1n) is 4.89. The summed E-state index contributed by atoms with van der Waals surface area (Å²) in [7, 11) is -1.47. The van der Waals surface area contributed by atoms with Crippen LogP contribution in [0.25, 0.3) is 11.1 Å². The Hall–Kier alpha value is -1.29. The lowest BCUT2D eigenvalue weighted by atomic mass is 9.75. The van der Waals surface area contributed by atoms with Crippen LogP contribution in [0.1, 0.15) is 0 Å². The summed E-state index contributed by atoms with van der Waals surface area (Å²) in [6.07, 6.45) is 0. The molecule has 0 aliphatic carbocycles. The molecule has 0 heterocycles. The molecule has 4 heteroatoms. The Morgan fingerprint density at radius 2 is 1.50 bits per heavy atom. The molecule has 16 heavy (non-hydrogen) atoms. The molecule has 0 unspecified atom stereocenters. The molecule has 0 bridgehead atoms. The lowest BCUT2D eigenvalue weighted by Crippen LogP contribution is -2.31. The molecule has 2 aromatic carbocycles. The summed E-state index contributed by atoms with van der Waals surface area (Å²) in [6.45, 7) is 0. The van der Waals surface area contributed by atoms with Crippen LogP contribution in [0.4, 0.5) is 0 Å². The Morgan fingerprint density at radius 1 is 0.875 bits per heavy atom. The quantitative estimate of drug-likeness (QED) is 0.774. The van der Waals surface area contributed by atoms with Gasteiger partial charge in [-0.3, -0.25) is 0 Å². The summed E-state index contributed by atoms with van der Waals surface area (Å²) < 4.78 is 0. The lowest BCUT2D eigenvalue weighted by molar-refractivity contribution is 0.426. The standard InChI is InChI=1S/C12H10BClO2/c14-10-7-5-9(6-8-10)11-3-1-2-4-12(11)13(15)16/h1-8,15-16H. The third kappa shape index (κ3) is 2.27. The highest BCUT2D eigenvalue weighted by Gasteiger charge is 2.15. The molecule has 0 saturated heterocycles. The van der Waals surface area contributed by atoms with Crippen LogP contribution in [0.15, 0.2) is 48.5 Å². The fourth-order valence-electron chi connectivity index (χ4n) is 1.61. The van der Waals surface area contributed by atoms with Crippen LogP contribution in [0.3, 0.4) is 0 Å². The van der Waals surface area contributed by atoms with Crippen molar-refractivity contribution >= 4 is 24.2 Å². The smallest absolute Gasteiger partial charge is 0.423 e. The minimum absolute atomic E-state index is 0.491. The van der Waals surface area contributed by atoms with Crippen molar-refractivity contribution in [2.24, 2.45) is 0 Å². The van der Waals surface area contributed by atoms with Crippen molar-refractivity contribution in [3.05, 3.63) is 53.6 Å². The van der Waals surface area contributed by atoms with Gasteiger partial charge in [-0.2, -0.15) is 0 Å². The molecule has 80 valence electrons. The van der Waals surface area contributed by atoms with E-state index in [0.29, 0.717) is 10.5 Å². The number of benzene rings is 2. The van der Waals surface area contributed by atoms with Crippen LogP contribution in [0, 0.1) is 0 Å². The summed E-state index contributed by atoms with van der Waals surface area (Å²) in [5.41, 5.74) is 2.20. The van der Waals surface area contributed by atoms with E-state index >= 15 is 0 Å². The number of hydrogen-bond donors (Lipinski definition) is 2. The Balaban J connectivity index is 2.51. The van der Waals surface area contributed by atoms with Gasteiger partial charge in [-0.05, 0) is 28.7 Å². The van der Waals surface area contributed by atoms with E-state index < -0.39 is 7.12 Å². The van der Waals surface area contributed by atoms with Gasteiger partial charge in [0.1, 0.15) is 0 Å². The number of halogens is 1. The highest BCUT2D eigenvalue weighted by molar-refractivity contribution is 6.60. The van der Waals surface area contributed by atoms with Crippen molar-refractivity contribution in [3.63, 3.8) is 0 Å². The molecule has 0 aromatic heterocycles. The third-order valence-electron chi connectivity index (χ3n) is 2.39. The van der Waals surface area contributed by atoms with E-state index in [2.05, 4.69) is 0 Å². The zero-order chi connectivity index (χ0) is 11.5. The predicted molar refractivity (Wildman–Crippen MR) is 66.7 cm³/mol. The first-order chi connectivity index (χ1) is 7.68. The second kappa shape index (κ2) is 4.70. The van der Waals surface area contributed by atoms with Crippen molar-refractivity contribution in [1.29, 1.82) is 0 Å². The molecule has 0 saturated carbocycles. The average Bonchev–Trinajstić information content (AvgIpc) is 2.30. The van der Waals surface area contributed by atoms with E-state index in [9.17, 15) is 10.0 Å². The molecular weight excluding hydrogens is 222 g/mol. The Labute approximate surface area is 99.3 Å². The molecule has 2 N–H and O–H groups in total. The van der Waals surface area contributed by atoms with Crippen LogP contribution in [0.2, 0.25) is 5.02 Å². The third-order valence-corrected chi connectivity index (χ3v) is 2.65. The van der Waals surface area contributed by atoms with E-state index in [1.807, 2.05) is 24.3 Å². The molecule has 0 aliphatic rings. The van der Waals surface area contributed by atoms with Gasteiger partial charge in [-0.25, -0.2) is 0 Å². The van der Waals surface area contributed by atoms with Gasteiger partial charge in [0.2, 0.25) is 0 Å². The van der Waals surface area contributed by atoms with Gasteiger partial charge in [0.15, 0.2) is 0 Å². The van der Waals surface area contributed by atoms with Gasteiger partial charge in [0.05, 0.1) is 0 Å². The molecular formula is C12H10BClO2. The van der Waals surface area contributed by atoms with Crippen molar-refractivity contribution in [2.45, 2.75) is 0 Å². The molecule has 0 fully saturated rings. The first kappa shape index (κ1) is 11.2. The zero-order valence-corrected chi connectivity index (χ0v) is 9.22. The van der Waals surface area contributed by atoms with Crippen molar-refractivity contribution < 1.29 is 10.0 Å². The van der Waals surface area contributed by atoms with Crippen LogP contribution < -0.4 is 5.46 Å². The lowest BCUT2D eigenvalue weighted by Gasteiger charge is -2.08. The second-order valence-corrected chi connectivity index (χ2v) is 3.90. The van der Waals surface area contributed by atoms with Crippen LogP contribution >= 0.6 is 11.6 Å². The highest BCUT2D eigenvalue weighted by Crippen LogP contribution is 2.19. The van der Waals surface area contributed by atoms with E-state index in [-0.39, 0.29) is 0 Å². The van der Waals surface area contributed by atoms with Crippen molar-refractivity contribution in [2.75, 3.05) is 0 Å². The summed E-state index contributed by atoms with van der Waals surface area (Å²) in [5, 5.41) is 19.2.